The summed E-state index contributed by atoms with van der Waals surface area (Å²) in [5.41, 5.74) is 9.61. The normalized spacial score (nSPS) is 20.8. The van der Waals surface area contributed by atoms with Crippen molar-refractivity contribution in [2.45, 2.75) is 32.2 Å². The minimum Gasteiger partial charge on any atom is -0.368 e. The highest BCUT2D eigenvalue weighted by Gasteiger charge is 2.25. The Balaban J connectivity index is 1.43. The van der Waals surface area contributed by atoms with Gasteiger partial charge in [0.15, 0.2) is 0 Å². The van der Waals surface area contributed by atoms with Gasteiger partial charge in [-0.15, -0.1) is 0 Å². The zero-order chi connectivity index (χ0) is 25.7. The van der Waals surface area contributed by atoms with Crippen LogP contribution in [0.3, 0.4) is 0 Å². The highest BCUT2D eigenvalue weighted by atomic mass is 16.2. The van der Waals surface area contributed by atoms with Crippen LogP contribution < -0.4 is 11.1 Å². The van der Waals surface area contributed by atoms with Crippen molar-refractivity contribution in [3.63, 3.8) is 0 Å². The summed E-state index contributed by atoms with van der Waals surface area (Å²) >= 11 is 0. The van der Waals surface area contributed by atoms with Crippen LogP contribution in [-0.4, -0.2) is 84.6 Å². The molecule has 0 bridgehead atoms. The molecule has 1 saturated heterocycles. The second-order valence-corrected chi connectivity index (χ2v) is 9.54. The Hall–Kier alpha value is -3.56. The topological polar surface area (TPSA) is 111 Å². The molecule has 190 valence electrons. The molecule has 36 heavy (non-hydrogen) atoms. The molecule has 3 heterocycles. The monoisotopic (exact) mass is 490 g/mol. The number of amides is 2. The lowest BCUT2D eigenvalue weighted by molar-refractivity contribution is -0.461. The molecule has 4 N–H and O–H groups in total. The molecule has 2 amide bonds. The number of guanidine groups is 1. The molecular formula is C27H36N7O2+. The van der Waals surface area contributed by atoms with Gasteiger partial charge in [-0.2, -0.15) is 4.99 Å². The van der Waals surface area contributed by atoms with Crippen molar-refractivity contribution < 1.29 is 14.9 Å². The van der Waals surface area contributed by atoms with Crippen LogP contribution in [-0.2, 0) is 4.79 Å². The fourth-order valence-corrected chi connectivity index (χ4v) is 4.75. The first kappa shape index (κ1) is 25.5. The van der Waals surface area contributed by atoms with E-state index in [1.54, 1.807) is 31.2 Å². The van der Waals surface area contributed by atoms with E-state index in [2.05, 4.69) is 28.0 Å². The molecule has 0 saturated carbocycles. The highest BCUT2D eigenvalue weighted by molar-refractivity contribution is 6.04. The van der Waals surface area contributed by atoms with Crippen LogP contribution in [0.5, 0.6) is 0 Å². The van der Waals surface area contributed by atoms with E-state index in [0.717, 1.165) is 49.3 Å². The Labute approximate surface area is 212 Å². The summed E-state index contributed by atoms with van der Waals surface area (Å²) in [6.45, 7) is 4.90. The zero-order valence-corrected chi connectivity index (χ0v) is 21.4. The number of carbonyl (C=O) groups excluding carboxylic acids is 2. The van der Waals surface area contributed by atoms with Crippen LogP contribution in [0, 0.1) is 0 Å². The van der Waals surface area contributed by atoms with Crippen LogP contribution in [0.1, 0.15) is 36.5 Å². The van der Waals surface area contributed by atoms with E-state index in [-0.39, 0.29) is 23.8 Å². The van der Waals surface area contributed by atoms with Gasteiger partial charge in [0.25, 0.3) is 5.91 Å². The summed E-state index contributed by atoms with van der Waals surface area (Å²) in [6, 6.07) is 7.45. The fourth-order valence-electron chi connectivity index (χ4n) is 4.75. The van der Waals surface area contributed by atoms with E-state index in [1.807, 2.05) is 40.5 Å². The van der Waals surface area contributed by atoms with Crippen molar-refractivity contribution in [2.24, 2.45) is 15.7 Å². The van der Waals surface area contributed by atoms with Gasteiger partial charge in [-0.1, -0.05) is 6.08 Å². The van der Waals surface area contributed by atoms with E-state index in [9.17, 15) is 9.59 Å². The van der Waals surface area contributed by atoms with E-state index in [1.165, 1.54) is 0 Å². The molecule has 9 nitrogen and oxygen atoms in total. The van der Waals surface area contributed by atoms with Gasteiger partial charge in [-0.05, 0) is 81.4 Å². The third-order valence-electron chi connectivity index (χ3n) is 7.05. The summed E-state index contributed by atoms with van der Waals surface area (Å²) in [6.07, 6.45) is 10.7. The Morgan fingerprint density at radius 1 is 1.14 bits per heavy atom. The third kappa shape index (κ3) is 6.16. The average Bonchev–Trinajstić information content (AvgIpc) is 2.89. The lowest BCUT2D eigenvalue weighted by atomic mass is 9.97. The number of quaternary nitrogens is 1. The Morgan fingerprint density at radius 3 is 2.50 bits per heavy atom. The number of carbonyl (C=O) groups is 2. The SMILES string of the molecule is CC(=O)N1CC=C(C2=CC=C[NH2+]/C2=N\C(N)=Nc2ccc(C(=O)N(C)C3CCN(C)CC3)cc2)CC1. The Bertz CT molecular complexity index is 1140. The van der Waals surface area contributed by atoms with Crippen LogP contribution >= 0.6 is 0 Å². The average molecular weight is 491 g/mol. The molecule has 1 aromatic carbocycles. The summed E-state index contributed by atoms with van der Waals surface area (Å²) in [7, 11) is 4.00. The molecule has 0 atom stereocenters. The molecule has 1 fully saturated rings. The van der Waals surface area contributed by atoms with Gasteiger partial charge in [-0.3, -0.25) is 14.9 Å². The van der Waals surface area contributed by atoms with Crippen LogP contribution in [0.15, 0.2) is 69.8 Å². The Kier molecular flexibility index (Phi) is 8.12. The molecular weight excluding hydrogens is 454 g/mol. The van der Waals surface area contributed by atoms with Gasteiger partial charge < -0.3 is 20.4 Å². The molecule has 1 aromatic rings. The first-order valence-corrected chi connectivity index (χ1v) is 12.5. The van der Waals surface area contributed by atoms with Gasteiger partial charge in [0.2, 0.25) is 17.7 Å². The largest absolute Gasteiger partial charge is 0.368 e. The number of hydrogen-bond donors (Lipinski definition) is 2. The molecule has 0 spiro atoms. The van der Waals surface area contributed by atoms with Crippen molar-refractivity contribution in [3.8, 4) is 0 Å². The van der Waals surface area contributed by atoms with Crippen molar-refractivity contribution in [1.29, 1.82) is 0 Å². The van der Waals surface area contributed by atoms with Crippen molar-refractivity contribution in [2.75, 3.05) is 40.3 Å². The second-order valence-electron chi connectivity index (χ2n) is 9.54. The van der Waals surface area contributed by atoms with Crippen molar-refractivity contribution in [3.05, 3.63) is 65.4 Å². The molecule has 3 aliphatic heterocycles. The van der Waals surface area contributed by atoms with E-state index in [4.69, 9.17) is 5.73 Å². The quantitative estimate of drug-likeness (QED) is 0.491. The van der Waals surface area contributed by atoms with Crippen molar-refractivity contribution >= 4 is 29.3 Å². The molecule has 0 unspecified atom stereocenters. The maximum Gasteiger partial charge on any atom is 0.253 e. The third-order valence-corrected chi connectivity index (χ3v) is 7.05. The number of allylic oxidation sites excluding steroid dienone is 2. The summed E-state index contributed by atoms with van der Waals surface area (Å²) in [5.74, 6) is 0.996. The van der Waals surface area contributed by atoms with Gasteiger partial charge in [-0.25, -0.2) is 4.99 Å². The number of piperidine rings is 1. The maximum atomic E-state index is 13.0. The number of hydrogen-bond acceptors (Lipinski definition) is 4. The summed E-state index contributed by atoms with van der Waals surface area (Å²) < 4.78 is 0. The van der Waals surface area contributed by atoms with E-state index < -0.39 is 0 Å². The predicted molar refractivity (Wildman–Crippen MR) is 142 cm³/mol. The van der Waals surface area contributed by atoms with Gasteiger partial charge >= 0.3 is 0 Å². The van der Waals surface area contributed by atoms with E-state index >= 15 is 0 Å². The number of amidine groups is 1. The lowest BCUT2D eigenvalue weighted by Crippen LogP contribution is -2.83. The first-order valence-electron chi connectivity index (χ1n) is 12.5. The molecule has 4 rings (SSSR count). The molecule has 3 aliphatic rings. The van der Waals surface area contributed by atoms with E-state index in [0.29, 0.717) is 24.3 Å². The predicted octanol–water partition coefficient (Wildman–Crippen LogP) is 1.39. The van der Waals surface area contributed by atoms with Crippen LogP contribution in [0.4, 0.5) is 5.69 Å². The number of aliphatic imine (C=N–C) groups is 2. The number of nitrogens with zero attached hydrogens (tertiary/aromatic N) is 5. The molecule has 0 radical (unpaired) electrons. The fraction of sp³-hybridized carbons (Fsp3) is 0.407. The van der Waals surface area contributed by atoms with Gasteiger partial charge in [0.05, 0.1) is 17.5 Å². The number of benzene rings is 1. The maximum absolute atomic E-state index is 13.0. The van der Waals surface area contributed by atoms with Crippen molar-refractivity contribution in [1.82, 2.24) is 14.7 Å². The minimum atomic E-state index is 0.0239. The van der Waals surface area contributed by atoms with Gasteiger partial charge in [0.1, 0.15) is 0 Å². The number of nitrogens with two attached hydrogens (primary N) is 2. The summed E-state index contributed by atoms with van der Waals surface area (Å²) in [5, 5.41) is 1.91. The zero-order valence-electron chi connectivity index (χ0n) is 21.4. The van der Waals surface area contributed by atoms with Gasteiger partial charge in [0, 0.05) is 38.7 Å². The minimum absolute atomic E-state index is 0.0239. The smallest absolute Gasteiger partial charge is 0.253 e. The number of likely N-dealkylation sites (tertiary alicyclic amines) is 1. The highest BCUT2D eigenvalue weighted by Crippen LogP contribution is 2.21. The number of rotatable bonds is 4. The molecule has 9 heteroatoms. The first-order chi connectivity index (χ1) is 17.3. The van der Waals surface area contributed by atoms with Crippen LogP contribution in [0.25, 0.3) is 0 Å². The molecule has 0 aliphatic carbocycles. The Morgan fingerprint density at radius 2 is 1.86 bits per heavy atom. The standard InChI is InChI=1S/C27H35N7O2/c1-19(35)34-17-10-20(11-18-34)24-5-4-14-29-25(24)31-27(28)30-22-8-6-21(7-9-22)26(36)33(3)23-12-15-32(2)16-13-23/h4-10,14,23H,11-13,15-18H2,1-3H3,(H3,28,29,30,31)/p+1. The lowest BCUT2D eigenvalue weighted by Gasteiger charge is -2.35. The molecule has 0 aromatic heterocycles. The summed E-state index contributed by atoms with van der Waals surface area (Å²) in [4.78, 5) is 39.6. The second kappa shape index (κ2) is 11.5. The van der Waals surface area contributed by atoms with Crippen LogP contribution in [0.2, 0.25) is 0 Å².